The highest BCUT2D eigenvalue weighted by Gasteiger charge is 2.41. The smallest absolute Gasteiger partial charge is 0.481 e. The van der Waals surface area contributed by atoms with Crippen molar-refractivity contribution in [2.75, 3.05) is 13.1 Å². The lowest BCUT2D eigenvalue weighted by Crippen LogP contribution is -2.61. The van der Waals surface area contributed by atoms with E-state index in [1.807, 2.05) is 0 Å². The number of phosphoric ester groups is 1. The third-order valence-electron chi connectivity index (χ3n) is 11.8. The second-order valence-corrected chi connectivity index (χ2v) is 19.9. The van der Waals surface area contributed by atoms with Gasteiger partial charge in [-0.15, -0.1) is 0 Å². The highest BCUT2D eigenvalue weighted by Crippen LogP contribution is 2.37. The molecule has 0 aliphatic carbocycles. The average molecular weight is 1130 g/mol. The van der Waals surface area contributed by atoms with Crippen LogP contribution in [0.25, 0.3) is 0 Å². The highest BCUT2D eigenvalue weighted by atomic mass is 31.2. The molecule has 1 aliphatic rings. The van der Waals surface area contributed by atoms with Crippen LogP contribution in [-0.2, 0) is 73.3 Å². The molecule has 1 aromatic carbocycles. The number of likely N-dealkylation sites (tertiary alicyclic amines) is 1. The van der Waals surface area contributed by atoms with Gasteiger partial charge in [-0.2, -0.15) is 0 Å². The van der Waals surface area contributed by atoms with Crippen LogP contribution in [0.4, 0.5) is 0 Å². The van der Waals surface area contributed by atoms with E-state index in [4.69, 9.17) is 15.9 Å². The van der Waals surface area contributed by atoms with Gasteiger partial charge in [-0.1, -0.05) is 39.8 Å². The van der Waals surface area contributed by atoms with E-state index in [2.05, 4.69) is 41.7 Å². The summed E-state index contributed by atoms with van der Waals surface area (Å²) < 4.78 is 16.0. The largest absolute Gasteiger partial charge is 0.524 e. The lowest BCUT2D eigenvalue weighted by molar-refractivity contribution is -0.144. The van der Waals surface area contributed by atoms with Crippen molar-refractivity contribution in [3.05, 3.63) is 29.8 Å². The first-order chi connectivity index (χ1) is 36.3. The van der Waals surface area contributed by atoms with E-state index in [0.717, 1.165) is 17.0 Å². The Hall–Kier alpha value is -7.76. The van der Waals surface area contributed by atoms with Crippen molar-refractivity contribution in [2.45, 2.75) is 147 Å². The second-order valence-electron chi connectivity index (χ2n) is 18.8. The molecule has 1 fully saturated rings. The number of benzene rings is 1. The number of nitrogens with zero attached hydrogens (tertiary/aromatic N) is 1. The van der Waals surface area contributed by atoms with Gasteiger partial charge in [-0.25, -0.2) is 4.57 Å². The monoisotopic (exact) mass is 1130 g/mol. The van der Waals surface area contributed by atoms with E-state index in [1.54, 1.807) is 0 Å². The van der Waals surface area contributed by atoms with Crippen LogP contribution in [0.5, 0.6) is 5.75 Å². The average Bonchev–Trinajstić information content (AvgIpc) is 3.84. The van der Waals surface area contributed by atoms with E-state index >= 15 is 0 Å². The molecule has 1 heterocycles. The van der Waals surface area contributed by atoms with Crippen molar-refractivity contribution < 1.29 is 107 Å². The van der Waals surface area contributed by atoms with Crippen molar-refractivity contribution >= 4 is 84.9 Å². The number of carbonyl (C=O) groups is 13. The molecule has 0 unspecified atom stereocenters. The zero-order valence-corrected chi connectivity index (χ0v) is 43.9. The number of carbonyl (C=O) groups excluding carboxylic acids is 8. The SMILES string of the molecule is CC(C)[C@H](NC(=O)[C@H](CCC(=O)O)NC(=O)[C@H](CCC(=O)O)NC(=O)[C@H](Cc1ccc(OP(=O)(O)O)cc1)NC(=O)[C@@H](NC(=O)[C@@H]1CCCN1C(=O)[C@H](CCC(=O)O)NC(=O)[C@@H](N)CCC(=O)O)C(C)C)C(=O)NCC(=O)O. The van der Waals surface area contributed by atoms with Crippen LogP contribution in [0.2, 0.25) is 0 Å². The quantitative estimate of drug-likeness (QED) is 0.0304. The van der Waals surface area contributed by atoms with Gasteiger partial charge in [0.15, 0.2) is 0 Å². The molecule has 8 atom stereocenters. The summed E-state index contributed by atoms with van der Waals surface area (Å²) >= 11 is 0. The Morgan fingerprint density at radius 2 is 1.01 bits per heavy atom. The summed E-state index contributed by atoms with van der Waals surface area (Å²) in [5, 5.41) is 62.8. The van der Waals surface area contributed by atoms with E-state index in [9.17, 15) is 92.0 Å². The summed E-state index contributed by atoms with van der Waals surface area (Å²) in [6.07, 6.45) is -4.95. The summed E-state index contributed by atoms with van der Waals surface area (Å²) in [6.45, 7) is 5.08. The van der Waals surface area contributed by atoms with Crippen molar-refractivity contribution in [2.24, 2.45) is 17.6 Å². The van der Waals surface area contributed by atoms with E-state index in [-0.39, 0.29) is 37.1 Å². The van der Waals surface area contributed by atoms with Gasteiger partial charge in [0.2, 0.25) is 47.3 Å². The minimum Gasteiger partial charge on any atom is -0.481 e. The normalized spacial score (nSPS) is 15.9. The molecule has 0 radical (unpaired) electrons. The third-order valence-corrected chi connectivity index (χ3v) is 12.2. The number of rotatable bonds is 34. The van der Waals surface area contributed by atoms with Crippen LogP contribution in [-0.4, -0.2) is 179 Å². The number of amides is 8. The van der Waals surface area contributed by atoms with Gasteiger partial charge in [-0.05, 0) is 68.1 Å². The van der Waals surface area contributed by atoms with E-state index in [1.165, 1.54) is 39.8 Å². The van der Waals surface area contributed by atoms with Crippen molar-refractivity contribution in [3.63, 3.8) is 0 Å². The van der Waals surface area contributed by atoms with Crippen LogP contribution in [0, 0.1) is 11.8 Å². The maximum absolute atomic E-state index is 14.4. The maximum Gasteiger partial charge on any atom is 0.524 e. The lowest BCUT2D eigenvalue weighted by Gasteiger charge is -2.31. The third kappa shape index (κ3) is 23.6. The second kappa shape index (κ2) is 31.5. The van der Waals surface area contributed by atoms with Gasteiger partial charge in [-0.3, -0.25) is 72.1 Å². The first kappa shape index (κ1) is 66.4. The van der Waals surface area contributed by atoms with Gasteiger partial charge in [0.25, 0.3) is 0 Å². The Morgan fingerprint density at radius 3 is 1.49 bits per heavy atom. The van der Waals surface area contributed by atoms with Crippen LogP contribution < -0.4 is 47.5 Å². The molecule has 32 heteroatoms. The van der Waals surface area contributed by atoms with Crippen LogP contribution in [0.3, 0.4) is 0 Å². The van der Waals surface area contributed by atoms with Crippen molar-refractivity contribution in [1.29, 1.82) is 0 Å². The summed E-state index contributed by atoms with van der Waals surface area (Å²) in [7, 11) is -5.04. The lowest BCUT2D eigenvalue weighted by atomic mass is 9.99. The van der Waals surface area contributed by atoms with Crippen LogP contribution >= 0.6 is 7.82 Å². The molecule has 2 rings (SSSR count). The molecule has 31 nitrogen and oxygen atoms in total. The highest BCUT2D eigenvalue weighted by molar-refractivity contribution is 7.46. The number of nitrogens with one attached hydrogen (secondary N) is 7. The van der Waals surface area contributed by atoms with Gasteiger partial charge in [0.1, 0.15) is 54.6 Å². The van der Waals surface area contributed by atoms with E-state index in [0.29, 0.717) is 0 Å². The molecule has 1 saturated heterocycles. The molecule has 1 aromatic rings. The summed E-state index contributed by atoms with van der Waals surface area (Å²) in [6, 6.07) is -7.83. The summed E-state index contributed by atoms with van der Waals surface area (Å²) in [5.41, 5.74) is 5.99. The Kier molecular flexibility index (Phi) is 26.8. The molecular weight excluding hydrogens is 1060 g/mol. The molecule has 0 bridgehead atoms. The number of hydrogen-bond donors (Lipinski definition) is 15. The molecule has 16 N–H and O–H groups in total. The van der Waals surface area contributed by atoms with Gasteiger partial charge in [0.05, 0.1) is 6.04 Å². The minimum absolute atomic E-state index is 0.0214. The molecule has 0 saturated carbocycles. The van der Waals surface area contributed by atoms with Gasteiger partial charge in [0, 0.05) is 38.6 Å². The molecule has 78 heavy (non-hydrogen) atoms. The van der Waals surface area contributed by atoms with Crippen molar-refractivity contribution in [1.82, 2.24) is 42.1 Å². The molecule has 1 aliphatic heterocycles. The van der Waals surface area contributed by atoms with Crippen LogP contribution in [0.15, 0.2) is 24.3 Å². The number of nitrogens with two attached hydrogens (primary N) is 1. The minimum atomic E-state index is -5.04. The maximum atomic E-state index is 14.4. The topological polar surface area (TPSA) is 503 Å². The number of hydrogen-bond acceptors (Lipinski definition) is 16. The van der Waals surface area contributed by atoms with Crippen LogP contribution in [0.1, 0.15) is 97.5 Å². The van der Waals surface area contributed by atoms with Crippen molar-refractivity contribution in [3.8, 4) is 5.75 Å². The zero-order chi connectivity index (χ0) is 59.2. The standard InChI is InChI=1S/C46H68N9O22P/c1-22(2)37(44(71)48-21-36(64)65)53-41(68)28(13-17-34(60)61)49-40(67)27(12-16-33(58)59)50-42(69)30(20-24-7-9-25(10-8-24)77-78(74,75)76)52-45(72)38(23(3)4)54-43(70)31-6-5-19-55(31)46(73)29(14-18-35(62)63)51-39(66)26(47)11-15-32(56)57/h7-10,22-23,26-31,37-38H,5-6,11-21,47H2,1-4H3,(H,48,71)(H,49,67)(H,50,69)(H,51,66)(H,52,72)(H,53,68)(H,54,70)(H,56,57)(H,58,59)(H,60,61)(H,62,63)(H,64,65)(H2,74,75,76)/t26-,27-,28-,29-,30-,31-,37-,38-/m0/s1. The summed E-state index contributed by atoms with van der Waals surface area (Å²) in [5.74, 6) is -17.0. The number of phosphoric acid groups is 1. The molecule has 0 spiro atoms. The fourth-order valence-corrected chi connectivity index (χ4v) is 8.11. The van der Waals surface area contributed by atoms with Gasteiger partial charge < -0.3 is 77.9 Å². The molecule has 8 amide bonds. The zero-order valence-electron chi connectivity index (χ0n) is 43.0. The molecular formula is C46H68N9O22P. The molecule has 0 aromatic heterocycles. The fraction of sp³-hybridized carbons (Fsp3) is 0.587. The number of carboxylic acid groups (broad SMARTS) is 5. The Labute approximate surface area is 445 Å². The first-order valence-corrected chi connectivity index (χ1v) is 25.9. The molecule has 434 valence electrons. The number of carboxylic acids is 5. The Morgan fingerprint density at radius 1 is 0.577 bits per heavy atom. The predicted molar refractivity (Wildman–Crippen MR) is 265 cm³/mol. The number of aliphatic carboxylic acids is 5. The van der Waals surface area contributed by atoms with E-state index < -0.39 is 203 Å². The Balaban J connectivity index is 2.54. The predicted octanol–water partition coefficient (Wildman–Crippen LogP) is -3.10. The first-order valence-electron chi connectivity index (χ1n) is 24.4. The van der Waals surface area contributed by atoms with Gasteiger partial charge >= 0.3 is 37.7 Å². The Bertz CT molecular complexity index is 2420. The summed E-state index contributed by atoms with van der Waals surface area (Å²) in [4.78, 5) is 187. The fourth-order valence-electron chi connectivity index (χ4n) is 7.71.